The van der Waals surface area contributed by atoms with Crippen LogP contribution in [0.1, 0.15) is 32.5 Å². The van der Waals surface area contributed by atoms with Crippen LogP contribution in [0.2, 0.25) is 0 Å². The maximum atomic E-state index is 13.4. The van der Waals surface area contributed by atoms with Gasteiger partial charge in [-0.25, -0.2) is 9.78 Å². The van der Waals surface area contributed by atoms with E-state index in [1.54, 1.807) is 19.9 Å². The van der Waals surface area contributed by atoms with E-state index in [1.807, 2.05) is 0 Å². The average molecular weight is 308 g/mol. The maximum absolute atomic E-state index is 13.4. The number of aryl methyl sites for hydroxylation is 1. The molecule has 0 aliphatic carbocycles. The van der Waals surface area contributed by atoms with Gasteiger partial charge in [-0.05, 0) is 37.6 Å². The van der Waals surface area contributed by atoms with Gasteiger partial charge < -0.3 is 10.1 Å². The summed E-state index contributed by atoms with van der Waals surface area (Å²) in [5.41, 5.74) is 0.543. The topological polar surface area (TPSA) is 68.3 Å². The van der Waals surface area contributed by atoms with Gasteiger partial charge in [0.1, 0.15) is 4.88 Å². The molecule has 110 valence electrons. The Balaban J connectivity index is 2.17. The highest BCUT2D eigenvalue weighted by atomic mass is 32.1. The molecule has 0 aliphatic rings. The summed E-state index contributed by atoms with van der Waals surface area (Å²) in [4.78, 5) is 27.5. The largest absolute Gasteiger partial charge is 0.462 e. The van der Waals surface area contributed by atoms with E-state index in [9.17, 15) is 14.0 Å². The second-order valence-electron chi connectivity index (χ2n) is 4.14. The molecule has 0 saturated carbocycles. The van der Waals surface area contributed by atoms with Crippen molar-refractivity contribution in [3.8, 4) is 0 Å². The van der Waals surface area contributed by atoms with Crippen LogP contribution in [0.4, 0.5) is 9.39 Å². The zero-order valence-electron chi connectivity index (χ0n) is 11.5. The Morgan fingerprint density at radius 2 is 2.24 bits per heavy atom. The van der Waals surface area contributed by atoms with Gasteiger partial charge in [0, 0.05) is 6.20 Å². The quantitative estimate of drug-likeness (QED) is 0.696. The number of anilines is 1. The van der Waals surface area contributed by atoms with Crippen LogP contribution in [0, 0.1) is 12.9 Å². The van der Waals surface area contributed by atoms with E-state index in [4.69, 9.17) is 4.74 Å². The lowest BCUT2D eigenvalue weighted by Crippen LogP contribution is -2.13. The van der Waals surface area contributed by atoms with Crippen molar-refractivity contribution >= 4 is 28.2 Å². The lowest BCUT2D eigenvalue weighted by atomic mass is 10.2. The molecule has 0 saturated heterocycles. The van der Waals surface area contributed by atoms with E-state index in [1.165, 1.54) is 18.3 Å². The molecule has 0 bridgehead atoms. The SMILES string of the molecule is CCOC(=O)c1sc(NC(=O)c2cccnc2F)cc1C. The lowest BCUT2D eigenvalue weighted by Gasteiger charge is -2.02. The predicted molar refractivity (Wildman–Crippen MR) is 77.2 cm³/mol. The van der Waals surface area contributed by atoms with Crippen molar-refractivity contribution in [2.75, 3.05) is 11.9 Å². The first kappa shape index (κ1) is 15.1. The summed E-state index contributed by atoms with van der Waals surface area (Å²) in [6.07, 6.45) is 1.26. The van der Waals surface area contributed by atoms with Crippen LogP contribution < -0.4 is 5.32 Å². The van der Waals surface area contributed by atoms with Crippen LogP contribution >= 0.6 is 11.3 Å². The molecule has 0 unspecified atom stereocenters. The number of halogens is 1. The molecule has 0 radical (unpaired) electrons. The third-order valence-electron chi connectivity index (χ3n) is 2.62. The Kier molecular flexibility index (Phi) is 4.64. The van der Waals surface area contributed by atoms with E-state index >= 15 is 0 Å². The zero-order chi connectivity index (χ0) is 15.4. The molecule has 2 aromatic heterocycles. The highest BCUT2D eigenvalue weighted by Crippen LogP contribution is 2.27. The molecular formula is C14H13FN2O3S. The highest BCUT2D eigenvalue weighted by Gasteiger charge is 2.17. The van der Waals surface area contributed by atoms with Crippen molar-refractivity contribution in [3.63, 3.8) is 0 Å². The van der Waals surface area contributed by atoms with Gasteiger partial charge in [-0.3, -0.25) is 4.79 Å². The molecule has 0 atom stereocenters. The maximum Gasteiger partial charge on any atom is 0.348 e. The summed E-state index contributed by atoms with van der Waals surface area (Å²) in [6.45, 7) is 3.73. The molecule has 2 rings (SSSR count). The van der Waals surface area contributed by atoms with E-state index in [0.29, 0.717) is 15.4 Å². The van der Waals surface area contributed by atoms with E-state index in [-0.39, 0.29) is 12.2 Å². The van der Waals surface area contributed by atoms with Crippen LogP contribution in [0.15, 0.2) is 24.4 Å². The van der Waals surface area contributed by atoms with Crippen molar-refractivity contribution in [1.82, 2.24) is 4.98 Å². The fourth-order valence-corrected chi connectivity index (χ4v) is 2.64. The fourth-order valence-electron chi connectivity index (χ4n) is 1.68. The van der Waals surface area contributed by atoms with Crippen molar-refractivity contribution in [2.24, 2.45) is 0 Å². The van der Waals surface area contributed by atoms with E-state index in [2.05, 4.69) is 10.3 Å². The van der Waals surface area contributed by atoms with Crippen LogP contribution in [-0.2, 0) is 4.74 Å². The van der Waals surface area contributed by atoms with Crippen molar-refractivity contribution < 1.29 is 18.7 Å². The Hall–Kier alpha value is -2.28. The van der Waals surface area contributed by atoms with Gasteiger partial charge in [0.15, 0.2) is 0 Å². The molecule has 0 fully saturated rings. The number of nitrogens with zero attached hydrogens (tertiary/aromatic N) is 1. The third-order valence-corrected chi connectivity index (χ3v) is 3.75. The number of rotatable bonds is 4. The van der Waals surface area contributed by atoms with E-state index < -0.39 is 17.8 Å². The number of nitrogens with one attached hydrogen (secondary N) is 1. The Morgan fingerprint density at radius 3 is 2.90 bits per heavy atom. The summed E-state index contributed by atoms with van der Waals surface area (Å²) in [5, 5.41) is 3.00. The third kappa shape index (κ3) is 3.43. The summed E-state index contributed by atoms with van der Waals surface area (Å²) in [7, 11) is 0. The summed E-state index contributed by atoms with van der Waals surface area (Å²) in [6, 6.07) is 4.45. The van der Waals surface area contributed by atoms with Gasteiger partial charge in [0.05, 0.1) is 17.2 Å². The molecule has 2 heterocycles. The first-order valence-corrected chi connectivity index (χ1v) is 7.04. The molecule has 7 heteroatoms. The molecule has 0 spiro atoms. The first-order valence-electron chi connectivity index (χ1n) is 6.22. The second kappa shape index (κ2) is 6.45. The van der Waals surface area contributed by atoms with Gasteiger partial charge in [0.2, 0.25) is 5.95 Å². The molecular weight excluding hydrogens is 295 g/mol. The Labute approximate surface area is 124 Å². The minimum atomic E-state index is -0.839. The number of thiophene rings is 1. The average Bonchev–Trinajstić information content (AvgIpc) is 2.80. The molecule has 21 heavy (non-hydrogen) atoms. The smallest absolute Gasteiger partial charge is 0.348 e. The minimum Gasteiger partial charge on any atom is -0.462 e. The molecule has 5 nitrogen and oxygen atoms in total. The normalized spacial score (nSPS) is 10.2. The van der Waals surface area contributed by atoms with Crippen molar-refractivity contribution in [1.29, 1.82) is 0 Å². The molecule has 0 aliphatic heterocycles. The van der Waals surface area contributed by atoms with Crippen LogP contribution in [-0.4, -0.2) is 23.5 Å². The minimum absolute atomic E-state index is 0.152. The van der Waals surface area contributed by atoms with Crippen LogP contribution in [0.25, 0.3) is 0 Å². The molecule has 0 aromatic carbocycles. The standard InChI is InChI=1S/C14H13FN2O3S/c1-3-20-14(19)11-8(2)7-10(21-11)17-13(18)9-5-4-6-16-12(9)15/h4-7H,3H2,1-2H3,(H,17,18). The predicted octanol–water partition coefficient (Wildman–Crippen LogP) is 3.02. The van der Waals surface area contributed by atoms with Crippen molar-refractivity contribution in [2.45, 2.75) is 13.8 Å². The summed E-state index contributed by atoms with van der Waals surface area (Å²) in [5.74, 6) is -1.89. The first-order chi connectivity index (χ1) is 10.0. The summed E-state index contributed by atoms with van der Waals surface area (Å²) >= 11 is 1.09. The number of carbonyl (C=O) groups excluding carboxylic acids is 2. The fraction of sp³-hybridized carbons (Fsp3) is 0.214. The zero-order valence-corrected chi connectivity index (χ0v) is 12.3. The highest BCUT2D eigenvalue weighted by molar-refractivity contribution is 7.18. The number of ether oxygens (including phenoxy) is 1. The number of pyridine rings is 1. The molecule has 1 N–H and O–H groups in total. The second-order valence-corrected chi connectivity index (χ2v) is 5.19. The summed E-state index contributed by atoms with van der Waals surface area (Å²) < 4.78 is 18.3. The Morgan fingerprint density at radius 1 is 1.48 bits per heavy atom. The van der Waals surface area contributed by atoms with Gasteiger partial charge >= 0.3 is 5.97 Å². The van der Waals surface area contributed by atoms with Crippen LogP contribution in [0.5, 0.6) is 0 Å². The lowest BCUT2D eigenvalue weighted by molar-refractivity contribution is 0.0531. The number of carbonyl (C=O) groups is 2. The Bertz CT molecular complexity index is 685. The monoisotopic (exact) mass is 308 g/mol. The van der Waals surface area contributed by atoms with Gasteiger partial charge in [-0.15, -0.1) is 11.3 Å². The number of hydrogen-bond acceptors (Lipinski definition) is 5. The molecule has 2 aromatic rings. The van der Waals surface area contributed by atoms with Crippen LogP contribution in [0.3, 0.4) is 0 Å². The van der Waals surface area contributed by atoms with Gasteiger partial charge in [-0.2, -0.15) is 4.39 Å². The van der Waals surface area contributed by atoms with E-state index in [0.717, 1.165) is 11.3 Å². The number of aromatic nitrogens is 1. The number of amides is 1. The van der Waals surface area contributed by atoms with Gasteiger partial charge in [-0.1, -0.05) is 0 Å². The number of esters is 1. The van der Waals surface area contributed by atoms with Crippen molar-refractivity contribution in [3.05, 3.63) is 46.3 Å². The number of hydrogen-bond donors (Lipinski definition) is 1. The molecule has 1 amide bonds. The van der Waals surface area contributed by atoms with Gasteiger partial charge in [0.25, 0.3) is 5.91 Å².